The Morgan fingerprint density at radius 3 is 2.55 bits per heavy atom. The number of rotatable bonds is 6. The summed E-state index contributed by atoms with van der Waals surface area (Å²) < 4.78 is 1.90. The van der Waals surface area contributed by atoms with Gasteiger partial charge in [-0.2, -0.15) is 5.10 Å². The highest BCUT2D eigenvalue weighted by Gasteiger charge is 2.13. The minimum absolute atomic E-state index is 0.393. The van der Waals surface area contributed by atoms with Gasteiger partial charge in [0.15, 0.2) is 0 Å². The number of hydrogen-bond donors (Lipinski definition) is 1. The average molecular weight is 292 g/mol. The van der Waals surface area contributed by atoms with E-state index in [4.69, 9.17) is 11.6 Å². The molecule has 108 valence electrons. The predicted octanol–water partition coefficient (Wildman–Crippen LogP) is 3.67. The molecule has 0 aliphatic rings. The van der Waals surface area contributed by atoms with Gasteiger partial charge < -0.3 is 5.32 Å². The van der Waals surface area contributed by atoms with E-state index in [0.29, 0.717) is 6.04 Å². The van der Waals surface area contributed by atoms with E-state index in [1.54, 1.807) is 0 Å². The number of nitrogens with zero attached hydrogens (tertiary/aromatic N) is 2. The summed E-state index contributed by atoms with van der Waals surface area (Å²) in [4.78, 5) is 0. The number of aromatic nitrogens is 2. The first kappa shape index (κ1) is 15.1. The van der Waals surface area contributed by atoms with Gasteiger partial charge in [0, 0.05) is 13.1 Å². The Labute approximate surface area is 126 Å². The number of nitrogens with one attached hydrogen (secondary N) is 1. The third kappa shape index (κ3) is 3.41. The summed E-state index contributed by atoms with van der Waals surface area (Å²) in [5.41, 5.74) is 3.38. The highest BCUT2D eigenvalue weighted by atomic mass is 35.5. The Hall–Kier alpha value is -1.32. The minimum atomic E-state index is 0.393. The normalized spacial score (nSPS) is 12.6. The number of benzene rings is 1. The van der Waals surface area contributed by atoms with Gasteiger partial charge in [-0.05, 0) is 38.8 Å². The quantitative estimate of drug-likeness (QED) is 0.880. The molecule has 1 atom stereocenters. The Balaban J connectivity index is 1.95. The molecule has 2 rings (SSSR count). The van der Waals surface area contributed by atoms with Crippen LogP contribution in [-0.2, 0) is 13.5 Å². The second kappa shape index (κ2) is 6.91. The molecule has 1 aromatic heterocycles. The van der Waals surface area contributed by atoms with Gasteiger partial charge in [0.1, 0.15) is 0 Å². The van der Waals surface area contributed by atoms with Crippen LogP contribution in [0.4, 0.5) is 0 Å². The van der Waals surface area contributed by atoms with Crippen LogP contribution in [0.2, 0.25) is 5.02 Å². The minimum Gasteiger partial charge on any atom is -0.313 e. The third-order valence-electron chi connectivity index (χ3n) is 3.72. The van der Waals surface area contributed by atoms with Crippen LogP contribution in [0.15, 0.2) is 30.3 Å². The molecule has 0 spiro atoms. The lowest BCUT2D eigenvalue weighted by Crippen LogP contribution is -2.16. The topological polar surface area (TPSA) is 29.9 Å². The van der Waals surface area contributed by atoms with Gasteiger partial charge in [-0.25, -0.2) is 0 Å². The van der Waals surface area contributed by atoms with E-state index >= 15 is 0 Å². The molecule has 1 heterocycles. The molecule has 3 nitrogen and oxygen atoms in total. The Kier molecular flexibility index (Phi) is 5.21. The summed E-state index contributed by atoms with van der Waals surface area (Å²) in [6, 6.07) is 10.9. The van der Waals surface area contributed by atoms with Crippen molar-refractivity contribution in [2.75, 3.05) is 7.05 Å². The van der Waals surface area contributed by atoms with E-state index < -0.39 is 0 Å². The Morgan fingerprint density at radius 1 is 1.30 bits per heavy atom. The number of hydrogen-bond acceptors (Lipinski definition) is 2. The molecular formula is C16H22ClN3. The van der Waals surface area contributed by atoms with Gasteiger partial charge in [0.2, 0.25) is 0 Å². The Bertz CT molecular complexity index is 548. The molecule has 20 heavy (non-hydrogen) atoms. The molecule has 0 fully saturated rings. The van der Waals surface area contributed by atoms with Crippen molar-refractivity contribution in [2.24, 2.45) is 7.05 Å². The van der Waals surface area contributed by atoms with Crippen LogP contribution in [0, 0.1) is 6.92 Å². The standard InChI is InChI=1S/C16H22ClN3/c1-12-16(17)15(20(3)19-12)11-7-10-14(18-2)13-8-5-4-6-9-13/h4-6,8-9,14,18H,7,10-11H2,1-3H3. The van der Waals surface area contributed by atoms with Crippen LogP contribution in [0.5, 0.6) is 0 Å². The molecule has 0 saturated heterocycles. The lowest BCUT2D eigenvalue weighted by Gasteiger charge is -2.16. The molecule has 0 aliphatic carbocycles. The maximum absolute atomic E-state index is 6.28. The van der Waals surface area contributed by atoms with Crippen molar-refractivity contribution in [1.29, 1.82) is 0 Å². The Morgan fingerprint density at radius 2 is 2.00 bits per heavy atom. The van der Waals surface area contributed by atoms with Crippen LogP contribution >= 0.6 is 11.6 Å². The van der Waals surface area contributed by atoms with Crippen LogP contribution < -0.4 is 5.32 Å². The maximum atomic E-state index is 6.28. The summed E-state index contributed by atoms with van der Waals surface area (Å²) in [7, 11) is 3.97. The van der Waals surface area contributed by atoms with Gasteiger partial charge in [-0.1, -0.05) is 41.9 Å². The zero-order valence-electron chi connectivity index (χ0n) is 12.4. The van der Waals surface area contributed by atoms with Crippen LogP contribution in [-0.4, -0.2) is 16.8 Å². The van der Waals surface area contributed by atoms with Crippen molar-refractivity contribution in [3.63, 3.8) is 0 Å². The first-order valence-electron chi connectivity index (χ1n) is 7.03. The van der Waals surface area contributed by atoms with Crippen molar-refractivity contribution >= 4 is 11.6 Å². The van der Waals surface area contributed by atoms with Gasteiger partial charge in [-0.3, -0.25) is 4.68 Å². The largest absolute Gasteiger partial charge is 0.313 e. The number of aryl methyl sites for hydroxylation is 2. The van der Waals surface area contributed by atoms with E-state index in [2.05, 4.69) is 40.7 Å². The molecule has 0 amide bonds. The molecule has 1 N–H and O–H groups in total. The van der Waals surface area contributed by atoms with Crippen molar-refractivity contribution in [3.05, 3.63) is 52.3 Å². The van der Waals surface area contributed by atoms with Crippen LogP contribution in [0.25, 0.3) is 0 Å². The fourth-order valence-electron chi connectivity index (χ4n) is 2.59. The first-order chi connectivity index (χ1) is 9.63. The highest BCUT2D eigenvalue weighted by Crippen LogP contribution is 2.23. The van der Waals surface area contributed by atoms with Gasteiger partial charge in [-0.15, -0.1) is 0 Å². The van der Waals surface area contributed by atoms with Crippen molar-refractivity contribution in [2.45, 2.75) is 32.2 Å². The zero-order valence-corrected chi connectivity index (χ0v) is 13.1. The summed E-state index contributed by atoms with van der Waals surface area (Å²) in [6.07, 6.45) is 3.13. The molecule has 0 radical (unpaired) electrons. The summed E-state index contributed by atoms with van der Waals surface area (Å²) in [5.74, 6) is 0. The SMILES string of the molecule is CNC(CCCc1c(Cl)c(C)nn1C)c1ccccc1. The molecule has 0 saturated carbocycles. The average Bonchev–Trinajstić information content (AvgIpc) is 2.70. The van der Waals surface area contributed by atoms with Crippen molar-refractivity contribution in [3.8, 4) is 0 Å². The number of halogens is 1. The maximum Gasteiger partial charge on any atom is 0.0846 e. The van der Waals surface area contributed by atoms with Crippen molar-refractivity contribution in [1.82, 2.24) is 15.1 Å². The predicted molar refractivity (Wildman–Crippen MR) is 84.1 cm³/mol. The molecule has 0 aliphatic heterocycles. The summed E-state index contributed by atoms with van der Waals surface area (Å²) in [6.45, 7) is 1.95. The smallest absolute Gasteiger partial charge is 0.0846 e. The van der Waals surface area contributed by atoms with E-state index in [-0.39, 0.29) is 0 Å². The van der Waals surface area contributed by atoms with E-state index in [0.717, 1.165) is 35.7 Å². The molecule has 0 bridgehead atoms. The molecular weight excluding hydrogens is 270 g/mol. The lowest BCUT2D eigenvalue weighted by molar-refractivity contribution is 0.520. The molecule has 1 unspecified atom stereocenters. The molecule has 1 aromatic carbocycles. The van der Waals surface area contributed by atoms with Crippen LogP contribution in [0.1, 0.15) is 35.8 Å². The van der Waals surface area contributed by atoms with E-state index in [9.17, 15) is 0 Å². The zero-order chi connectivity index (χ0) is 14.5. The van der Waals surface area contributed by atoms with Gasteiger partial charge >= 0.3 is 0 Å². The molecule has 2 aromatic rings. The lowest BCUT2D eigenvalue weighted by atomic mass is 10.0. The monoisotopic (exact) mass is 291 g/mol. The summed E-state index contributed by atoms with van der Waals surface area (Å²) >= 11 is 6.28. The summed E-state index contributed by atoms with van der Waals surface area (Å²) in [5, 5.41) is 8.55. The van der Waals surface area contributed by atoms with E-state index in [1.165, 1.54) is 5.56 Å². The van der Waals surface area contributed by atoms with Crippen molar-refractivity contribution < 1.29 is 0 Å². The second-order valence-electron chi connectivity index (χ2n) is 5.11. The second-order valence-corrected chi connectivity index (χ2v) is 5.49. The molecule has 4 heteroatoms. The first-order valence-corrected chi connectivity index (χ1v) is 7.41. The third-order valence-corrected chi connectivity index (χ3v) is 4.21. The fraction of sp³-hybridized carbons (Fsp3) is 0.438. The van der Waals surface area contributed by atoms with Gasteiger partial charge in [0.05, 0.1) is 16.4 Å². The van der Waals surface area contributed by atoms with Gasteiger partial charge in [0.25, 0.3) is 0 Å². The van der Waals surface area contributed by atoms with Crippen LogP contribution in [0.3, 0.4) is 0 Å². The highest BCUT2D eigenvalue weighted by molar-refractivity contribution is 6.31. The fourth-order valence-corrected chi connectivity index (χ4v) is 2.84. The van der Waals surface area contributed by atoms with E-state index in [1.807, 2.05) is 25.7 Å².